The number of allylic oxidation sites excluding steroid dienone is 4. The van der Waals surface area contributed by atoms with E-state index in [0.29, 0.717) is 24.3 Å². The second kappa shape index (κ2) is 13.1. The van der Waals surface area contributed by atoms with Gasteiger partial charge in [0, 0.05) is 5.56 Å². The van der Waals surface area contributed by atoms with Crippen molar-refractivity contribution in [3.05, 3.63) is 89.3 Å². The van der Waals surface area contributed by atoms with E-state index >= 15 is 0 Å². The van der Waals surface area contributed by atoms with Gasteiger partial charge in [-0.3, -0.25) is 4.79 Å². The molecule has 36 heavy (non-hydrogen) atoms. The predicted octanol–water partition coefficient (Wildman–Crippen LogP) is 7.89. The van der Waals surface area contributed by atoms with E-state index in [2.05, 4.69) is 33.4 Å². The largest absolute Gasteiger partial charge is 0.497 e. The van der Waals surface area contributed by atoms with E-state index in [1.165, 1.54) is 11.6 Å². The zero-order valence-electron chi connectivity index (χ0n) is 22.4. The van der Waals surface area contributed by atoms with Crippen molar-refractivity contribution in [1.82, 2.24) is 0 Å². The standard InChI is InChI=1S/C28H33FO4.C3H6/c1-18(27(30)31)14-19-6-9-21(10-7-19)33-17-20-8-12-25(28(2,3)4)23(15-20)24-16-22(32-5)11-13-26(24)29;1-3-2/h6-7,9-11,13,15-16,18H,8,12,14,17H2,1-5H3,(H,30,31);3H,1H2,2H3. The molecule has 1 aliphatic carbocycles. The minimum atomic E-state index is -0.800. The van der Waals surface area contributed by atoms with Crippen LogP contribution in [-0.2, 0) is 11.2 Å². The van der Waals surface area contributed by atoms with Gasteiger partial charge < -0.3 is 14.6 Å². The van der Waals surface area contributed by atoms with Crippen molar-refractivity contribution in [2.45, 2.75) is 53.9 Å². The Morgan fingerprint density at radius 3 is 2.31 bits per heavy atom. The van der Waals surface area contributed by atoms with Crippen molar-refractivity contribution >= 4 is 11.5 Å². The van der Waals surface area contributed by atoms with Crippen LogP contribution in [0.5, 0.6) is 11.5 Å². The first-order valence-corrected chi connectivity index (χ1v) is 12.3. The zero-order valence-corrected chi connectivity index (χ0v) is 22.4. The quantitative estimate of drug-likeness (QED) is 0.379. The van der Waals surface area contributed by atoms with E-state index in [0.717, 1.165) is 35.3 Å². The molecule has 0 heterocycles. The third-order valence-electron chi connectivity index (χ3n) is 6.05. The number of benzene rings is 2. The highest BCUT2D eigenvalue weighted by atomic mass is 19.1. The first-order chi connectivity index (χ1) is 17.0. The zero-order chi connectivity index (χ0) is 26.9. The molecule has 194 valence electrons. The first-order valence-electron chi connectivity index (χ1n) is 12.3. The van der Waals surface area contributed by atoms with Gasteiger partial charge in [-0.05, 0) is 78.6 Å². The Labute approximate surface area is 215 Å². The Hall–Kier alpha value is -3.34. The molecule has 0 aliphatic heterocycles. The second-order valence-electron chi connectivity index (χ2n) is 10.1. The third-order valence-corrected chi connectivity index (χ3v) is 6.05. The number of hydrogen-bond acceptors (Lipinski definition) is 3. The number of hydrogen-bond donors (Lipinski definition) is 1. The molecule has 0 amide bonds. The normalized spacial score (nSPS) is 14.2. The molecular weight excluding hydrogens is 455 g/mol. The van der Waals surface area contributed by atoms with Crippen molar-refractivity contribution in [1.29, 1.82) is 0 Å². The Morgan fingerprint density at radius 2 is 1.75 bits per heavy atom. The van der Waals surface area contributed by atoms with Gasteiger partial charge in [-0.25, -0.2) is 4.39 Å². The highest BCUT2D eigenvalue weighted by Gasteiger charge is 2.26. The molecule has 5 heteroatoms. The molecule has 0 saturated carbocycles. The van der Waals surface area contributed by atoms with E-state index in [4.69, 9.17) is 14.6 Å². The Balaban J connectivity index is 0.00000145. The second-order valence-corrected chi connectivity index (χ2v) is 10.1. The minimum absolute atomic E-state index is 0.0866. The summed E-state index contributed by atoms with van der Waals surface area (Å²) in [5.74, 6) is -0.144. The highest BCUT2D eigenvalue weighted by Crippen LogP contribution is 2.42. The summed E-state index contributed by atoms with van der Waals surface area (Å²) in [7, 11) is 1.58. The number of rotatable bonds is 8. The summed E-state index contributed by atoms with van der Waals surface area (Å²) >= 11 is 0. The number of carboxylic acid groups (broad SMARTS) is 1. The van der Waals surface area contributed by atoms with E-state index in [9.17, 15) is 9.18 Å². The maximum atomic E-state index is 14.8. The predicted molar refractivity (Wildman–Crippen MR) is 145 cm³/mol. The number of halogens is 1. The molecule has 1 N–H and O–H groups in total. The molecule has 0 fully saturated rings. The molecule has 2 aromatic rings. The summed E-state index contributed by atoms with van der Waals surface area (Å²) in [6.45, 7) is 13.8. The van der Waals surface area contributed by atoms with Gasteiger partial charge in [0.1, 0.15) is 23.9 Å². The van der Waals surface area contributed by atoms with Gasteiger partial charge in [-0.1, -0.05) is 57.6 Å². The van der Waals surface area contributed by atoms with Gasteiger partial charge in [0.15, 0.2) is 0 Å². The number of methoxy groups -OCH3 is 1. The average molecular weight is 495 g/mol. The van der Waals surface area contributed by atoms with E-state index in [-0.39, 0.29) is 11.2 Å². The van der Waals surface area contributed by atoms with Gasteiger partial charge in [0.2, 0.25) is 0 Å². The van der Waals surface area contributed by atoms with Gasteiger partial charge in [-0.15, -0.1) is 6.58 Å². The van der Waals surface area contributed by atoms with Crippen molar-refractivity contribution in [3.63, 3.8) is 0 Å². The van der Waals surface area contributed by atoms with Crippen molar-refractivity contribution in [3.8, 4) is 11.5 Å². The third kappa shape index (κ3) is 8.11. The van der Waals surface area contributed by atoms with Crippen LogP contribution >= 0.6 is 0 Å². The van der Waals surface area contributed by atoms with Crippen LogP contribution in [0.15, 0.2) is 72.3 Å². The maximum Gasteiger partial charge on any atom is 0.306 e. The smallest absolute Gasteiger partial charge is 0.306 e. The number of carbonyl (C=O) groups is 1. The van der Waals surface area contributed by atoms with Crippen molar-refractivity contribution < 1.29 is 23.8 Å². The molecule has 0 aromatic heterocycles. The van der Waals surface area contributed by atoms with Crippen LogP contribution in [0.4, 0.5) is 4.39 Å². The highest BCUT2D eigenvalue weighted by molar-refractivity contribution is 5.80. The maximum absolute atomic E-state index is 14.8. The van der Waals surface area contributed by atoms with E-state index in [1.54, 1.807) is 32.2 Å². The van der Waals surface area contributed by atoms with Crippen molar-refractivity contribution in [2.24, 2.45) is 11.3 Å². The fourth-order valence-corrected chi connectivity index (χ4v) is 4.09. The average Bonchev–Trinajstić information content (AvgIpc) is 2.83. The molecule has 2 aromatic carbocycles. The van der Waals surface area contributed by atoms with E-state index < -0.39 is 11.9 Å². The van der Waals surface area contributed by atoms with Crippen LogP contribution in [0.25, 0.3) is 5.57 Å². The lowest BCUT2D eigenvalue weighted by Crippen LogP contribution is -2.16. The lowest BCUT2D eigenvalue weighted by atomic mass is 9.75. The molecule has 1 aliphatic rings. The topological polar surface area (TPSA) is 55.8 Å². The summed E-state index contributed by atoms with van der Waals surface area (Å²) in [5.41, 5.74) is 4.65. The van der Waals surface area contributed by atoms with Crippen LogP contribution in [0.1, 0.15) is 58.6 Å². The Morgan fingerprint density at radius 1 is 1.14 bits per heavy atom. The monoisotopic (exact) mass is 494 g/mol. The fourth-order valence-electron chi connectivity index (χ4n) is 4.09. The molecule has 0 spiro atoms. The molecular formula is C31H39FO4. The van der Waals surface area contributed by atoms with Gasteiger partial charge in [-0.2, -0.15) is 0 Å². The lowest BCUT2D eigenvalue weighted by molar-refractivity contribution is -0.141. The van der Waals surface area contributed by atoms with Gasteiger partial charge in [0.05, 0.1) is 13.0 Å². The first kappa shape index (κ1) is 28.9. The number of carboxylic acids is 1. The summed E-state index contributed by atoms with van der Waals surface area (Å²) in [6, 6.07) is 12.4. The molecule has 0 saturated heterocycles. The molecule has 1 unspecified atom stereocenters. The van der Waals surface area contributed by atoms with Crippen LogP contribution in [0.3, 0.4) is 0 Å². The Bertz CT molecular complexity index is 1100. The van der Waals surface area contributed by atoms with Crippen LogP contribution in [-0.4, -0.2) is 24.8 Å². The molecule has 4 nitrogen and oxygen atoms in total. The number of aliphatic carboxylic acids is 1. The van der Waals surface area contributed by atoms with Gasteiger partial charge in [0.25, 0.3) is 0 Å². The molecule has 1 atom stereocenters. The number of ether oxygens (including phenoxy) is 2. The van der Waals surface area contributed by atoms with E-state index in [1.807, 2.05) is 31.2 Å². The molecule has 3 rings (SSSR count). The van der Waals surface area contributed by atoms with Crippen molar-refractivity contribution in [2.75, 3.05) is 13.7 Å². The Kier molecular flexibility index (Phi) is 10.5. The lowest BCUT2D eigenvalue weighted by Gasteiger charge is -2.30. The van der Waals surface area contributed by atoms with Crippen LogP contribution in [0.2, 0.25) is 0 Å². The van der Waals surface area contributed by atoms with Crippen LogP contribution < -0.4 is 9.47 Å². The summed E-state index contributed by atoms with van der Waals surface area (Å²) in [5, 5.41) is 9.08. The van der Waals surface area contributed by atoms with Gasteiger partial charge >= 0.3 is 5.97 Å². The molecule has 0 radical (unpaired) electrons. The minimum Gasteiger partial charge on any atom is -0.497 e. The van der Waals surface area contributed by atoms with Crippen LogP contribution in [0, 0.1) is 17.2 Å². The summed E-state index contributed by atoms with van der Waals surface area (Å²) < 4.78 is 26.2. The fraction of sp³-hybridized carbons (Fsp3) is 0.387. The molecule has 0 bridgehead atoms. The summed E-state index contributed by atoms with van der Waals surface area (Å²) in [4.78, 5) is 11.1. The summed E-state index contributed by atoms with van der Waals surface area (Å²) in [6.07, 6.45) is 5.99. The SMILES string of the molecule is C=CC.COc1ccc(F)c(C2=C(C(C)(C)C)CCC(COc3ccc(CC(C)C(=O)O)cc3)=C2)c1.